The van der Waals surface area contributed by atoms with Crippen LogP contribution in [-0.4, -0.2) is 28.0 Å². The molecule has 5 heteroatoms. The van der Waals surface area contributed by atoms with Crippen molar-refractivity contribution in [2.24, 2.45) is 5.92 Å². The smallest absolute Gasteiger partial charge is 0.303 e. The number of hydrogen-bond donors (Lipinski definition) is 3. The van der Waals surface area contributed by atoms with Crippen molar-refractivity contribution < 1.29 is 14.7 Å². The molecule has 5 nitrogen and oxygen atoms in total. The molecule has 1 aromatic heterocycles. The Labute approximate surface area is 154 Å². The largest absolute Gasteiger partial charge is 0.481 e. The molecule has 140 valence electrons. The van der Waals surface area contributed by atoms with E-state index in [1.165, 1.54) is 32.1 Å². The molecule has 2 aromatic rings. The van der Waals surface area contributed by atoms with Gasteiger partial charge >= 0.3 is 5.97 Å². The summed E-state index contributed by atoms with van der Waals surface area (Å²) < 4.78 is 0. The monoisotopic (exact) mass is 356 g/mol. The first kappa shape index (κ1) is 18.5. The van der Waals surface area contributed by atoms with Crippen LogP contribution in [0.4, 0.5) is 0 Å². The first-order chi connectivity index (χ1) is 12.6. The molecule has 0 saturated heterocycles. The maximum absolute atomic E-state index is 12.6. The number of aromatic amines is 1. The molecule has 0 aliphatic heterocycles. The molecule has 1 aliphatic carbocycles. The Morgan fingerprint density at radius 2 is 1.96 bits per heavy atom. The highest BCUT2D eigenvalue weighted by Gasteiger charge is 2.21. The summed E-state index contributed by atoms with van der Waals surface area (Å²) in [6.07, 6.45) is 9.89. The molecular formula is C21H28N2O3. The highest BCUT2D eigenvalue weighted by molar-refractivity contribution is 5.88. The van der Waals surface area contributed by atoms with Crippen LogP contribution in [0, 0.1) is 5.92 Å². The number of amides is 1. The summed E-state index contributed by atoms with van der Waals surface area (Å²) in [5, 5.41) is 13.2. The first-order valence-electron chi connectivity index (χ1n) is 9.68. The standard InChI is InChI=1S/C21H28N2O3/c24-20(13-16-14-22-19-9-5-4-8-18(16)19)23-17(10-11-21(25)26)12-15-6-2-1-3-7-15/h4-5,8-9,14-15,17,22H,1-3,6-7,10-13H2,(H,23,24)(H,25,26). The molecule has 1 aromatic carbocycles. The zero-order chi connectivity index (χ0) is 18.4. The number of H-pyrrole nitrogens is 1. The molecule has 1 unspecified atom stereocenters. The number of nitrogens with one attached hydrogen (secondary N) is 2. The molecule has 26 heavy (non-hydrogen) atoms. The van der Waals surface area contributed by atoms with Gasteiger partial charge in [0.1, 0.15) is 0 Å². The van der Waals surface area contributed by atoms with Gasteiger partial charge in [-0.2, -0.15) is 0 Å². The molecule has 1 amide bonds. The molecule has 3 rings (SSSR count). The summed E-state index contributed by atoms with van der Waals surface area (Å²) in [4.78, 5) is 26.7. The Morgan fingerprint density at radius 3 is 2.73 bits per heavy atom. The van der Waals surface area contributed by atoms with Crippen molar-refractivity contribution in [1.29, 1.82) is 0 Å². The van der Waals surface area contributed by atoms with Gasteiger partial charge in [0.05, 0.1) is 6.42 Å². The number of aliphatic carboxylic acids is 1. The van der Waals surface area contributed by atoms with E-state index in [1.54, 1.807) is 0 Å². The van der Waals surface area contributed by atoms with E-state index in [-0.39, 0.29) is 18.4 Å². The second-order valence-electron chi connectivity index (χ2n) is 7.47. The van der Waals surface area contributed by atoms with Crippen molar-refractivity contribution in [3.8, 4) is 0 Å². The molecule has 1 fully saturated rings. The predicted molar refractivity (Wildman–Crippen MR) is 102 cm³/mol. The number of carbonyl (C=O) groups excluding carboxylic acids is 1. The predicted octanol–water partition coefficient (Wildman–Crippen LogP) is 4.03. The second-order valence-corrected chi connectivity index (χ2v) is 7.47. The summed E-state index contributed by atoms with van der Waals surface area (Å²) >= 11 is 0. The van der Waals surface area contributed by atoms with E-state index in [1.807, 2.05) is 30.5 Å². The minimum atomic E-state index is -0.801. The van der Waals surface area contributed by atoms with E-state index in [2.05, 4.69) is 10.3 Å². The number of fused-ring (bicyclic) bond motifs is 1. The number of carboxylic acids is 1. The number of aromatic nitrogens is 1. The molecule has 3 N–H and O–H groups in total. The quantitative estimate of drug-likeness (QED) is 0.668. The van der Waals surface area contributed by atoms with Gasteiger partial charge in [0.25, 0.3) is 0 Å². The van der Waals surface area contributed by atoms with Crippen LogP contribution in [0.1, 0.15) is 56.9 Å². The summed E-state index contributed by atoms with van der Waals surface area (Å²) in [6, 6.07) is 7.89. The third-order valence-corrected chi connectivity index (χ3v) is 5.44. The van der Waals surface area contributed by atoms with Crippen LogP contribution in [0.3, 0.4) is 0 Å². The topological polar surface area (TPSA) is 82.2 Å². The van der Waals surface area contributed by atoms with Gasteiger partial charge in [0, 0.05) is 29.6 Å². The lowest BCUT2D eigenvalue weighted by Gasteiger charge is -2.27. The van der Waals surface area contributed by atoms with Crippen molar-refractivity contribution in [2.75, 3.05) is 0 Å². The zero-order valence-electron chi connectivity index (χ0n) is 15.2. The summed E-state index contributed by atoms with van der Waals surface area (Å²) in [5.41, 5.74) is 2.01. The van der Waals surface area contributed by atoms with Gasteiger partial charge in [-0.3, -0.25) is 9.59 Å². The van der Waals surface area contributed by atoms with Gasteiger partial charge in [-0.15, -0.1) is 0 Å². The Hall–Kier alpha value is -2.30. The number of carboxylic acid groups (broad SMARTS) is 1. The lowest BCUT2D eigenvalue weighted by molar-refractivity contribution is -0.137. The SMILES string of the molecule is O=C(O)CCC(CC1CCCCC1)NC(=O)Cc1c[nH]c2ccccc12. The van der Waals surface area contributed by atoms with Gasteiger partial charge in [-0.05, 0) is 30.4 Å². The Morgan fingerprint density at radius 1 is 1.19 bits per heavy atom. The van der Waals surface area contributed by atoms with Crippen molar-refractivity contribution in [3.63, 3.8) is 0 Å². The molecule has 1 atom stereocenters. The number of carbonyl (C=O) groups is 2. The normalized spacial score (nSPS) is 16.5. The van der Waals surface area contributed by atoms with E-state index in [4.69, 9.17) is 5.11 Å². The van der Waals surface area contributed by atoms with Crippen LogP contribution in [0.5, 0.6) is 0 Å². The highest BCUT2D eigenvalue weighted by Crippen LogP contribution is 2.28. The molecule has 0 bridgehead atoms. The van der Waals surface area contributed by atoms with Crippen LogP contribution < -0.4 is 5.32 Å². The fourth-order valence-electron chi connectivity index (χ4n) is 4.10. The second kappa shape index (κ2) is 8.88. The van der Waals surface area contributed by atoms with E-state index in [9.17, 15) is 9.59 Å². The van der Waals surface area contributed by atoms with Gasteiger partial charge < -0.3 is 15.4 Å². The zero-order valence-corrected chi connectivity index (χ0v) is 15.2. The molecule has 0 radical (unpaired) electrons. The lowest BCUT2D eigenvalue weighted by atomic mass is 9.84. The molecule has 1 heterocycles. The first-order valence-corrected chi connectivity index (χ1v) is 9.68. The van der Waals surface area contributed by atoms with Gasteiger partial charge in [0.15, 0.2) is 0 Å². The van der Waals surface area contributed by atoms with E-state index >= 15 is 0 Å². The van der Waals surface area contributed by atoms with E-state index < -0.39 is 5.97 Å². The summed E-state index contributed by atoms with van der Waals surface area (Å²) in [5.74, 6) is -0.221. The number of para-hydroxylation sites is 1. The molecule has 1 aliphatic rings. The average molecular weight is 356 g/mol. The summed E-state index contributed by atoms with van der Waals surface area (Å²) in [7, 11) is 0. The molecule has 0 spiro atoms. The van der Waals surface area contributed by atoms with E-state index in [0.29, 0.717) is 18.8 Å². The number of benzene rings is 1. The fraction of sp³-hybridized carbons (Fsp3) is 0.524. The van der Waals surface area contributed by atoms with Crippen LogP contribution in [0.2, 0.25) is 0 Å². The number of hydrogen-bond acceptors (Lipinski definition) is 2. The van der Waals surface area contributed by atoms with Gasteiger partial charge in [-0.25, -0.2) is 0 Å². The Kier molecular flexibility index (Phi) is 6.31. The minimum Gasteiger partial charge on any atom is -0.481 e. The third-order valence-electron chi connectivity index (χ3n) is 5.44. The highest BCUT2D eigenvalue weighted by atomic mass is 16.4. The maximum atomic E-state index is 12.6. The third kappa shape index (κ3) is 5.10. The van der Waals surface area contributed by atoms with Crippen molar-refractivity contribution in [1.82, 2.24) is 10.3 Å². The molecular weight excluding hydrogens is 328 g/mol. The van der Waals surface area contributed by atoms with E-state index in [0.717, 1.165) is 22.9 Å². The average Bonchev–Trinajstić information content (AvgIpc) is 3.03. The fourth-order valence-corrected chi connectivity index (χ4v) is 4.10. The van der Waals surface area contributed by atoms with Crippen LogP contribution in [0.15, 0.2) is 30.5 Å². The lowest BCUT2D eigenvalue weighted by Crippen LogP contribution is -2.38. The maximum Gasteiger partial charge on any atom is 0.303 e. The Bertz CT molecular complexity index is 747. The Balaban J connectivity index is 1.60. The molecule has 1 saturated carbocycles. The van der Waals surface area contributed by atoms with Crippen LogP contribution in [0.25, 0.3) is 10.9 Å². The number of rotatable bonds is 8. The van der Waals surface area contributed by atoms with Gasteiger partial charge in [-0.1, -0.05) is 50.3 Å². The van der Waals surface area contributed by atoms with Crippen LogP contribution >= 0.6 is 0 Å². The summed E-state index contributed by atoms with van der Waals surface area (Å²) in [6.45, 7) is 0. The van der Waals surface area contributed by atoms with Crippen molar-refractivity contribution in [3.05, 3.63) is 36.0 Å². The van der Waals surface area contributed by atoms with Crippen molar-refractivity contribution >= 4 is 22.8 Å². The van der Waals surface area contributed by atoms with Gasteiger partial charge in [0.2, 0.25) is 5.91 Å². The van der Waals surface area contributed by atoms with Crippen LogP contribution in [-0.2, 0) is 16.0 Å². The minimum absolute atomic E-state index is 0.0269. The van der Waals surface area contributed by atoms with Crippen molar-refractivity contribution in [2.45, 2.75) is 63.8 Å².